The molecular formula is C23H18F2N2O4. The van der Waals surface area contributed by atoms with Crippen LogP contribution in [0.3, 0.4) is 0 Å². The van der Waals surface area contributed by atoms with Gasteiger partial charge in [0.15, 0.2) is 11.5 Å². The van der Waals surface area contributed by atoms with Crippen molar-refractivity contribution in [3.05, 3.63) is 77.9 Å². The lowest BCUT2D eigenvalue weighted by molar-refractivity contribution is 0.279. The number of ether oxygens (including phenoxy) is 3. The maximum absolute atomic E-state index is 13.8. The second-order valence-corrected chi connectivity index (χ2v) is 6.51. The Hall–Kier alpha value is -3.94. The van der Waals surface area contributed by atoms with Crippen LogP contribution in [0.25, 0.3) is 22.8 Å². The van der Waals surface area contributed by atoms with Crippen molar-refractivity contribution >= 4 is 0 Å². The molecule has 0 amide bonds. The minimum atomic E-state index is -0.548. The monoisotopic (exact) mass is 424 g/mol. The van der Waals surface area contributed by atoms with Gasteiger partial charge in [0.05, 0.1) is 19.8 Å². The summed E-state index contributed by atoms with van der Waals surface area (Å²) in [5, 5.41) is 4.03. The van der Waals surface area contributed by atoms with E-state index in [0.717, 1.165) is 18.2 Å². The third-order valence-corrected chi connectivity index (χ3v) is 4.58. The van der Waals surface area contributed by atoms with E-state index in [1.54, 1.807) is 31.4 Å². The Morgan fingerprint density at radius 3 is 2.48 bits per heavy atom. The van der Waals surface area contributed by atoms with Crippen molar-refractivity contribution in [1.82, 2.24) is 10.1 Å². The minimum Gasteiger partial charge on any atom is -0.496 e. The summed E-state index contributed by atoms with van der Waals surface area (Å²) in [6.07, 6.45) is 0. The fourth-order valence-corrected chi connectivity index (χ4v) is 3.01. The van der Waals surface area contributed by atoms with Crippen LogP contribution >= 0.6 is 0 Å². The zero-order valence-electron chi connectivity index (χ0n) is 16.8. The highest BCUT2D eigenvalue weighted by Crippen LogP contribution is 2.34. The number of methoxy groups -OCH3 is 2. The summed E-state index contributed by atoms with van der Waals surface area (Å²) in [5.41, 5.74) is 1.41. The topological polar surface area (TPSA) is 66.6 Å². The molecule has 0 aliphatic heterocycles. The van der Waals surface area contributed by atoms with Crippen LogP contribution in [0.4, 0.5) is 8.78 Å². The Morgan fingerprint density at radius 2 is 1.68 bits per heavy atom. The Bertz CT molecular complexity index is 1210. The summed E-state index contributed by atoms with van der Waals surface area (Å²) < 4.78 is 48.9. The molecule has 0 saturated carbocycles. The molecule has 0 aliphatic rings. The first-order valence-corrected chi connectivity index (χ1v) is 9.31. The highest BCUT2D eigenvalue weighted by molar-refractivity contribution is 5.66. The van der Waals surface area contributed by atoms with Gasteiger partial charge in [-0.3, -0.25) is 0 Å². The number of aromatic nitrogens is 2. The summed E-state index contributed by atoms with van der Waals surface area (Å²) >= 11 is 0. The fourth-order valence-electron chi connectivity index (χ4n) is 3.01. The number of rotatable bonds is 7. The highest BCUT2D eigenvalue weighted by atomic mass is 19.1. The second-order valence-electron chi connectivity index (χ2n) is 6.51. The summed E-state index contributed by atoms with van der Waals surface area (Å²) in [4.78, 5) is 4.43. The lowest BCUT2D eigenvalue weighted by Gasteiger charge is -2.12. The molecule has 0 atom stereocenters. The zero-order valence-corrected chi connectivity index (χ0v) is 16.8. The van der Waals surface area contributed by atoms with Gasteiger partial charge in [-0.05, 0) is 48.5 Å². The van der Waals surface area contributed by atoms with Gasteiger partial charge in [-0.1, -0.05) is 17.3 Å². The summed E-state index contributed by atoms with van der Waals surface area (Å²) in [7, 11) is 3.04. The van der Waals surface area contributed by atoms with Crippen LogP contribution in [0.1, 0.15) is 5.56 Å². The first kappa shape index (κ1) is 20.3. The molecule has 1 aromatic heterocycles. The van der Waals surface area contributed by atoms with Crippen molar-refractivity contribution in [2.24, 2.45) is 0 Å². The molecule has 158 valence electrons. The van der Waals surface area contributed by atoms with Crippen molar-refractivity contribution in [2.45, 2.75) is 6.61 Å². The molecule has 31 heavy (non-hydrogen) atoms. The lowest BCUT2D eigenvalue weighted by Crippen LogP contribution is -2.01. The van der Waals surface area contributed by atoms with Gasteiger partial charge in [-0.2, -0.15) is 4.98 Å². The second kappa shape index (κ2) is 8.83. The van der Waals surface area contributed by atoms with Crippen LogP contribution in [0.5, 0.6) is 17.2 Å². The molecule has 4 aromatic rings. The van der Waals surface area contributed by atoms with Crippen molar-refractivity contribution in [3.8, 4) is 40.1 Å². The number of nitrogens with zero attached hydrogens (tertiary/aromatic N) is 2. The molecule has 0 aliphatic carbocycles. The van der Waals surface area contributed by atoms with Crippen LogP contribution in [0, 0.1) is 11.6 Å². The van der Waals surface area contributed by atoms with E-state index in [1.165, 1.54) is 7.11 Å². The van der Waals surface area contributed by atoms with E-state index in [-0.39, 0.29) is 12.2 Å². The van der Waals surface area contributed by atoms with Gasteiger partial charge in [0.25, 0.3) is 5.89 Å². The van der Waals surface area contributed by atoms with Gasteiger partial charge in [0.2, 0.25) is 5.82 Å². The van der Waals surface area contributed by atoms with Gasteiger partial charge in [0, 0.05) is 11.1 Å². The number of hydrogen-bond acceptors (Lipinski definition) is 6. The zero-order chi connectivity index (χ0) is 21.8. The van der Waals surface area contributed by atoms with Gasteiger partial charge in [0.1, 0.15) is 24.0 Å². The average Bonchev–Trinajstić information content (AvgIpc) is 3.29. The van der Waals surface area contributed by atoms with Gasteiger partial charge >= 0.3 is 0 Å². The van der Waals surface area contributed by atoms with E-state index in [1.807, 2.05) is 18.2 Å². The molecule has 0 N–H and O–H groups in total. The Morgan fingerprint density at radius 1 is 0.871 bits per heavy atom. The summed E-state index contributed by atoms with van der Waals surface area (Å²) in [6, 6.07) is 15.6. The molecule has 3 aromatic carbocycles. The standard InChI is InChI=1S/C23H18F2N2O4/c1-28-19-6-4-3-5-17(19)23-26-22(27-31-23)14-7-10-20(21(12-14)29-2)30-13-15-11-16(24)8-9-18(15)25/h3-12H,13H2,1-2H3. The largest absolute Gasteiger partial charge is 0.496 e. The maximum atomic E-state index is 13.8. The molecule has 6 nitrogen and oxygen atoms in total. The molecule has 0 saturated heterocycles. The van der Waals surface area contributed by atoms with Crippen LogP contribution in [0.2, 0.25) is 0 Å². The van der Waals surface area contributed by atoms with Crippen molar-refractivity contribution < 1.29 is 27.5 Å². The van der Waals surface area contributed by atoms with Crippen LogP contribution < -0.4 is 14.2 Å². The molecule has 0 radical (unpaired) electrons. The van der Waals surface area contributed by atoms with E-state index in [0.29, 0.717) is 40.1 Å². The van der Waals surface area contributed by atoms with Crippen LogP contribution in [0.15, 0.2) is 65.2 Å². The first-order valence-electron chi connectivity index (χ1n) is 9.31. The Labute approximate surface area is 177 Å². The number of hydrogen-bond donors (Lipinski definition) is 0. The van der Waals surface area contributed by atoms with Crippen molar-refractivity contribution in [2.75, 3.05) is 14.2 Å². The Kier molecular flexibility index (Phi) is 5.79. The van der Waals surface area contributed by atoms with Crippen LogP contribution in [-0.4, -0.2) is 24.4 Å². The van der Waals surface area contributed by atoms with E-state index in [4.69, 9.17) is 18.7 Å². The van der Waals surface area contributed by atoms with Gasteiger partial charge in [-0.25, -0.2) is 8.78 Å². The maximum Gasteiger partial charge on any atom is 0.262 e. The van der Waals surface area contributed by atoms with E-state index < -0.39 is 11.6 Å². The van der Waals surface area contributed by atoms with Gasteiger partial charge < -0.3 is 18.7 Å². The number of para-hydroxylation sites is 1. The molecule has 4 rings (SSSR count). The molecule has 0 bridgehead atoms. The Balaban J connectivity index is 1.57. The average molecular weight is 424 g/mol. The first-order chi connectivity index (χ1) is 15.1. The third-order valence-electron chi connectivity index (χ3n) is 4.58. The number of benzene rings is 3. The molecular weight excluding hydrogens is 406 g/mol. The normalized spacial score (nSPS) is 10.7. The predicted octanol–water partition coefficient (Wildman–Crippen LogP) is 5.28. The summed E-state index contributed by atoms with van der Waals surface area (Å²) in [5.74, 6) is 0.943. The van der Waals surface area contributed by atoms with Crippen LogP contribution in [-0.2, 0) is 6.61 Å². The van der Waals surface area contributed by atoms with Crippen molar-refractivity contribution in [1.29, 1.82) is 0 Å². The lowest BCUT2D eigenvalue weighted by atomic mass is 10.1. The quantitative estimate of drug-likeness (QED) is 0.402. The summed E-state index contributed by atoms with van der Waals surface area (Å²) in [6.45, 7) is -0.153. The van der Waals surface area contributed by atoms with E-state index in [9.17, 15) is 8.78 Å². The molecule has 0 unspecified atom stereocenters. The molecule has 1 heterocycles. The smallest absolute Gasteiger partial charge is 0.262 e. The molecule has 0 fully saturated rings. The van der Waals surface area contributed by atoms with Gasteiger partial charge in [-0.15, -0.1) is 0 Å². The SMILES string of the molecule is COc1cc(-c2noc(-c3ccccc3OC)n2)ccc1OCc1cc(F)ccc1F. The minimum absolute atomic E-state index is 0.103. The highest BCUT2D eigenvalue weighted by Gasteiger charge is 2.16. The van der Waals surface area contributed by atoms with E-state index >= 15 is 0 Å². The number of halogens is 2. The predicted molar refractivity (Wildman–Crippen MR) is 109 cm³/mol. The third kappa shape index (κ3) is 4.32. The molecule has 8 heteroatoms. The van der Waals surface area contributed by atoms with Crippen molar-refractivity contribution in [3.63, 3.8) is 0 Å². The molecule has 0 spiro atoms. The fraction of sp³-hybridized carbons (Fsp3) is 0.130. The van der Waals surface area contributed by atoms with E-state index in [2.05, 4.69) is 10.1 Å².